The van der Waals surface area contributed by atoms with Crippen molar-refractivity contribution in [2.24, 2.45) is 0 Å². The molecule has 1 N–H and O–H groups in total. The van der Waals surface area contributed by atoms with Crippen molar-refractivity contribution in [2.45, 2.75) is 49.9 Å². The van der Waals surface area contributed by atoms with Gasteiger partial charge in [-0.1, -0.05) is 0 Å². The molecule has 3 nitrogen and oxygen atoms in total. The average molecular weight is 228 g/mol. The monoisotopic (exact) mass is 228 g/mol. The topological polar surface area (TPSA) is 32.3 Å². The first-order valence-electron chi connectivity index (χ1n) is 5.85. The maximum atomic E-state index is 11.9. The average Bonchev–Trinajstić information content (AvgIpc) is 2.50. The van der Waals surface area contributed by atoms with Gasteiger partial charge in [0.1, 0.15) is 0 Å². The second kappa shape index (κ2) is 4.64. The van der Waals surface area contributed by atoms with Gasteiger partial charge < -0.3 is 10.2 Å². The van der Waals surface area contributed by atoms with Crippen LogP contribution in [0.2, 0.25) is 0 Å². The molecule has 0 aromatic rings. The van der Waals surface area contributed by atoms with E-state index in [0.717, 1.165) is 11.8 Å². The predicted molar refractivity (Wildman–Crippen MR) is 64.3 cm³/mol. The van der Waals surface area contributed by atoms with Gasteiger partial charge in [0.2, 0.25) is 0 Å². The molecule has 4 heteroatoms. The molecule has 2 atom stereocenters. The number of carbonyl (C=O) groups excluding carboxylic acids is 1. The molecule has 2 rings (SSSR count). The summed E-state index contributed by atoms with van der Waals surface area (Å²) in [5, 5.41) is 3.70. The van der Waals surface area contributed by atoms with Crippen molar-refractivity contribution in [3.63, 3.8) is 0 Å². The van der Waals surface area contributed by atoms with Crippen LogP contribution >= 0.6 is 11.8 Å². The van der Waals surface area contributed by atoms with Crippen LogP contribution in [0.5, 0.6) is 0 Å². The molecule has 2 heterocycles. The number of urea groups is 1. The van der Waals surface area contributed by atoms with Crippen molar-refractivity contribution in [1.82, 2.24) is 10.2 Å². The number of hydrogen-bond acceptors (Lipinski definition) is 2. The molecule has 2 bridgehead atoms. The van der Waals surface area contributed by atoms with Crippen LogP contribution in [-0.4, -0.2) is 41.1 Å². The van der Waals surface area contributed by atoms with Gasteiger partial charge in [0.15, 0.2) is 0 Å². The normalized spacial score (nSPS) is 34.3. The highest BCUT2D eigenvalue weighted by Gasteiger charge is 2.42. The lowest BCUT2D eigenvalue weighted by atomic mass is 10.0. The number of piperidine rings is 1. The minimum absolute atomic E-state index is 0.157. The second-order valence-corrected chi connectivity index (χ2v) is 5.59. The Morgan fingerprint density at radius 2 is 2.00 bits per heavy atom. The van der Waals surface area contributed by atoms with Crippen molar-refractivity contribution < 1.29 is 4.79 Å². The van der Waals surface area contributed by atoms with E-state index in [-0.39, 0.29) is 6.03 Å². The number of amides is 2. The molecule has 2 unspecified atom stereocenters. The van der Waals surface area contributed by atoms with E-state index in [2.05, 4.69) is 16.5 Å². The van der Waals surface area contributed by atoms with E-state index in [4.69, 9.17) is 0 Å². The third kappa shape index (κ3) is 2.10. The number of thioether (sulfide) groups is 1. The summed E-state index contributed by atoms with van der Waals surface area (Å²) in [7, 11) is 0. The highest BCUT2D eigenvalue weighted by atomic mass is 32.2. The van der Waals surface area contributed by atoms with Crippen LogP contribution in [0.25, 0.3) is 0 Å². The summed E-state index contributed by atoms with van der Waals surface area (Å²) in [6.45, 7) is 2.72. The summed E-state index contributed by atoms with van der Waals surface area (Å²) >= 11 is 1.96. The molecular formula is C11H20N2OS. The van der Waals surface area contributed by atoms with Crippen LogP contribution in [0.3, 0.4) is 0 Å². The van der Waals surface area contributed by atoms with Crippen LogP contribution in [0.4, 0.5) is 4.79 Å². The lowest BCUT2D eigenvalue weighted by molar-refractivity contribution is 0.149. The summed E-state index contributed by atoms with van der Waals surface area (Å²) in [5.74, 6) is 0. The fourth-order valence-corrected chi connectivity index (χ4v) is 3.72. The molecule has 2 aliphatic heterocycles. The Labute approximate surface area is 96.0 Å². The fraction of sp³-hybridized carbons (Fsp3) is 0.909. The maximum absolute atomic E-state index is 11.9. The number of hydrogen-bond donors (Lipinski definition) is 1. The van der Waals surface area contributed by atoms with Gasteiger partial charge in [-0.25, -0.2) is 4.79 Å². The Balaban J connectivity index is 2.01. The van der Waals surface area contributed by atoms with Crippen LogP contribution in [0, 0.1) is 0 Å². The van der Waals surface area contributed by atoms with Gasteiger partial charge >= 0.3 is 6.03 Å². The quantitative estimate of drug-likeness (QED) is 0.785. The van der Waals surface area contributed by atoms with E-state index in [1.807, 2.05) is 18.7 Å². The highest BCUT2D eigenvalue weighted by molar-refractivity contribution is 7.99. The number of rotatable bonds is 2. The first-order valence-corrected chi connectivity index (χ1v) is 7.14. The van der Waals surface area contributed by atoms with Crippen molar-refractivity contribution in [3.8, 4) is 0 Å². The van der Waals surface area contributed by atoms with E-state index >= 15 is 0 Å². The minimum Gasteiger partial charge on any atom is -0.338 e. The Bertz CT molecular complexity index is 233. The highest BCUT2D eigenvalue weighted by Crippen LogP contribution is 2.39. The van der Waals surface area contributed by atoms with Crippen LogP contribution in [0.1, 0.15) is 32.6 Å². The van der Waals surface area contributed by atoms with E-state index in [9.17, 15) is 4.79 Å². The van der Waals surface area contributed by atoms with Crippen LogP contribution in [0.15, 0.2) is 0 Å². The fourth-order valence-electron chi connectivity index (χ4n) is 2.89. The molecule has 0 saturated carbocycles. The number of nitrogens with zero attached hydrogens (tertiary/aromatic N) is 1. The summed E-state index contributed by atoms with van der Waals surface area (Å²) in [5.41, 5.74) is 0. The van der Waals surface area contributed by atoms with E-state index < -0.39 is 0 Å². The zero-order chi connectivity index (χ0) is 10.8. The summed E-state index contributed by atoms with van der Waals surface area (Å²) in [6.07, 6.45) is 6.98. The van der Waals surface area contributed by atoms with Crippen LogP contribution in [-0.2, 0) is 0 Å². The summed E-state index contributed by atoms with van der Waals surface area (Å²) in [4.78, 5) is 14.0. The number of nitrogens with one attached hydrogen (secondary N) is 1. The Kier molecular flexibility index (Phi) is 3.44. The molecule has 0 aromatic carbocycles. The molecule has 0 aliphatic carbocycles. The van der Waals surface area contributed by atoms with Crippen molar-refractivity contribution in [1.29, 1.82) is 0 Å². The molecule has 2 amide bonds. The lowest BCUT2D eigenvalue weighted by Crippen LogP contribution is -2.51. The zero-order valence-electron chi connectivity index (χ0n) is 9.53. The molecule has 2 aliphatic rings. The van der Waals surface area contributed by atoms with E-state index in [0.29, 0.717) is 12.1 Å². The van der Waals surface area contributed by atoms with E-state index in [1.54, 1.807) is 0 Å². The van der Waals surface area contributed by atoms with Gasteiger partial charge in [-0.3, -0.25) is 0 Å². The number of fused-ring (bicyclic) bond motifs is 2. The predicted octanol–water partition coefficient (Wildman–Crippen LogP) is 2.07. The van der Waals surface area contributed by atoms with Gasteiger partial charge in [0.25, 0.3) is 0 Å². The second-order valence-electron chi connectivity index (χ2n) is 4.46. The van der Waals surface area contributed by atoms with Crippen molar-refractivity contribution in [2.75, 3.05) is 12.8 Å². The third-order valence-electron chi connectivity index (χ3n) is 3.59. The molecule has 0 radical (unpaired) electrons. The van der Waals surface area contributed by atoms with Gasteiger partial charge in [0, 0.05) is 23.9 Å². The smallest absolute Gasteiger partial charge is 0.317 e. The van der Waals surface area contributed by atoms with E-state index in [1.165, 1.54) is 25.7 Å². The maximum Gasteiger partial charge on any atom is 0.317 e. The lowest BCUT2D eigenvalue weighted by Gasteiger charge is -2.38. The molecular weight excluding hydrogens is 208 g/mol. The minimum atomic E-state index is 0.157. The first-order chi connectivity index (χ1) is 7.26. The molecule has 2 fully saturated rings. The molecule has 2 saturated heterocycles. The van der Waals surface area contributed by atoms with Crippen molar-refractivity contribution in [3.05, 3.63) is 0 Å². The van der Waals surface area contributed by atoms with Crippen molar-refractivity contribution >= 4 is 17.8 Å². The van der Waals surface area contributed by atoms with Crippen LogP contribution < -0.4 is 5.32 Å². The van der Waals surface area contributed by atoms with Gasteiger partial charge in [0.05, 0.1) is 0 Å². The van der Waals surface area contributed by atoms with Gasteiger partial charge in [-0.05, 0) is 38.9 Å². The van der Waals surface area contributed by atoms with Gasteiger partial charge in [-0.2, -0.15) is 11.8 Å². The Morgan fingerprint density at radius 3 is 2.47 bits per heavy atom. The first kappa shape index (κ1) is 11.1. The third-order valence-corrected chi connectivity index (χ3v) is 4.64. The molecule has 15 heavy (non-hydrogen) atoms. The zero-order valence-corrected chi connectivity index (χ0v) is 10.3. The molecule has 0 spiro atoms. The summed E-state index contributed by atoms with van der Waals surface area (Å²) in [6, 6.07) is 1.17. The Morgan fingerprint density at radius 1 is 1.40 bits per heavy atom. The molecule has 86 valence electrons. The standard InChI is InChI=1S/C11H20N2OS/c1-3-12-11(14)13-8-4-5-9(13)7-10(6-8)15-2/h8-10H,3-7H2,1-2H3,(H,12,14). The van der Waals surface area contributed by atoms with Gasteiger partial charge in [-0.15, -0.1) is 0 Å². The largest absolute Gasteiger partial charge is 0.338 e. The Hall–Kier alpha value is -0.380. The molecule has 0 aromatic heterocycles. The summed E-state index contributed by atoms with van der Waals surface area (Å²) < 4.78 is 0. The SMILES string of the molecule is CCNC(=O)N1C2CCC1CC(SC)C2. The number of carbonyl (C=O) groups is 1.